The molecule has 0 aliphatic heterocycles. The first-order valence-corrected chi connectivity index (χ1v) is 32.4. The predicted octanol–water partition coefficient (Wildman–Crippen LogP) is 16.9. The number of aromatic nitrogens is 5. The zero-order chi connectivity index (χ0) is 75.2. The van der Waals surface area contributed by atoms with E-state index in [2.05, 4.69) is 50.4 Å². The van der Waals surface area contributed by atoms with E-state index in [1.54, 1.807) is 108 Å². The molecule has 526 valence electrons. The van der Waals surface area contributed by atoms with Crippen LogP contribution in [0, 0.1) is 71.1 Å². The van der Waals surface area contributed by atoms with Gasteiger partial charge in [0.2, 0.25) is 0 Å². The van der Waals surface area contributed by atoms with Gasteiger partial charge in [-0.05, 0) is 153 Å². The minimum Gasteiger partial charge on any atom is -0.495 e. The highest BCUT2D eigenvalue weighted by molar-refractivity contribution is 14.1. The largest absolute Gasteiger partial charge is 0.495 e. The van der Waals surface area contributed by atoms with E-state index in [9.17, 15) is 54.3 Å². The number of aryl methyl sites for hydroxylation is 2. The number of pyridine rings is 5. The quantitative estimate of drug-likeness (QED) is 0.0264. The Hall–Kier alpha value is -9.23. The van der Waals surface area contributed by atoms with Crippen molar-refractivity contribution in [2.24, 2.45) is 0 Å². The van der Waals surface area contributed by atoms with Crippen LogP contribution in [0.5, 0.6) is 0 Å². The molecular formula is C68H52Cl3F8I3N10O9. The second-order valence-corrected chi connectivity index (χ2v) is 24.8. The van der Waals surface area contributed by atoms with Crippen molar-refractivity contribution < 1.29 is 78.0 Å². The molecule has 0 radical (unpaired) electrons. The summed E-state index contributed by atoms with van der Waals surface area (Å²) in [6.07, 6.45) is 0. The van der Waals surface area contributed by atoms with Gasteiger partial charge >= 0.3 is 23.9 Å². The van der Waals surface area contributed by atoms with Gasteiger partial charge in [-0.3, -0.25) is 0 Å². The van der Waals surface area contributed by atoms with Crippen LogP contribution in [0.25, 0.3) is 62.0 Å². The highest BCUT2D eigenvalue weighted by atomic mass is 127. The highest BCUT2D eigenvalue weighted by Crippen LogP contribution is 2.37. The molecule has 33 heteroatoms. The third-order valence-corrected chi connectivity index (χ3v) is 17.8. The van der Waals surface area contributed by atoms with Crippen molar-refractivity contribution in [3.05, 3.63) is 234 Å². The van der Waals surface area contributed by atoms with Crippen LogP contribution in [0.3, 0.4) is 0 Å². The van der Waals surface area contributed by atoms with Gasteiger partial charge in [0.1, 0.15) is 57.4 Å². The zero-order valence-electron chi connectivity index (χ0n) is 53.3. The van der Waals surface area contributed by atoms with E-state index in [1.807, 2.05) is 22.6 Å². The summed E-state index contributed by atoms with van der Waals surface area (Å²) in [5.74, 6) is -7.94. The van der Waals surface area contributed by atoms with Crippen molar-refractivity contribution in [2.75, 3.05) is 64.2 Å². The summed E-state index contributed by atoms with van der Waals surface area (Å²) in [5.41, 5.74) is 29.2. The number of halogens is 14. The molecule has 0 saturated heterocycles. The summed E-state index contributed by atoms with van der Waals surface area (Å²) in [6.45, 7) is 6.85. The SMILES string of the molecule is C=C(OC)c1nc(-c2ccc(Cl)c(F)c2)c(F)c(N)c1I.COC(=O)c1cc(N)c(F)c(-c2ccc(C)c(F)c2)n1.COC(=O)c1cc(N)c(F)c(-c2ccc(Cl)cc2)n1.COC(=O)c1nc(-c2ccc(C)c(F)c2)c(F)c(N)c1I.COC(=O)c1nc(-c2ccc(Cl)cc2)c(F)c(N)c1I. The molecule has 0 aliphatic carbocycles. The first-order chi connectivity index (χ1) is 47.6. The maximum Gasteiger partial charge on any atom is 0.357 e. The maximum absolute atomic E-state index is 14.3. The Morgan fingerprint density at radius 3 is 0.990 bits per heavy atom. The molecule has 0 saturated carbocycles. The van der Waals surface area contributed by atoms with Gasteiger partial charge in [0.05, 0.1) is 79.7 Å². The summed E-state index contributed by atoms with van der Waals surface area (Å²) >= 11 is 22.5. The Balaban J connectivity index is 0.000000199. The smallest absolute Gasteiger partial charge is 0.357 e. The third kappa shape index (κ3) is 19.4. The van der Waals surface area contributed by atoms with E-state index in [0.29, 0.717) is 41.6 Å². The summed E-state index contributed by atoms with van der Waals surface area (Å²) in [7, 11) is 6.22. The molecule has 0 atom stereocenters. The van der Waals surface area contributed by atoms with Crippen molar-refractivity contribution in [3.63, 3.8) is 0 Å². The molecule has 10 aromatic rings. The predicted molar refractivity (Wildman–Crippen MR) is 394 cm³/mol. The number of hydrogen-bond donors (Lipinski definition) is 5. The van der Waals surface area contributed by atoms with Crippen LogP contribution in [0.15, 0.2) is 122 Å². The van der Waals surface area contributed by atoms with Crippen LogP contribution in [0.1, 0.15) is 58.8 Å². The molecule has 0 amide bonds. The molecule has 0 aliphatic rings. The standard InChI is InChI=1S/C14H10ClF2IN2O.C14H11F2IN2O2.C14H12F2N2O2.C13H9ClFIN2O2.C13H10ClFN2O2/c1-6(21-2)13-11(18)12(19)10(17)14(20-13)7-3-4-8(15)9(16)5-7;1-6-3-4-7(5-8(6)15)12-9(16)11(18)10(17)13(19-12)14(20)21-2;1-7-3-4-8(5-9(7)15)13-12(16)10(17)6-11(18-13)14(19)20-2;1-20-13(19)12-9(16)10(17)8(15)11(18-12)6-2-4-7(14)5-3-6;1-19-13(18)10-6-9(16)11(15)12(17-10)7-2-4-8(14)5-3-7/h3-5H,1H2,2H3,(H2,19,20);3-5H,1-2H3,(H2,18,19);3-6H,1-2H3,(H2,17,18);2-5H,1H3,(H2,17,18);2-6H,1H3,(H2,16,17). The van der Waals surface area contributed by atoms with Crippen LogP contribution in [-0.2, 0) is 23.7 Å². The lowest BCUT2D eigenvalue weighted by atomic mass is 10.1. The summed E-state index contributed by atoms with van der Waals surface area (Å²) < 4.78 is 136. The zero-order valence-corrected chi connectivity index (χ0v) is 62.0. The average Bonchev–Trinajstić information content (AvgIpc) is 0.806. The number of rotatable bonds is 11. The monoisotopic (exact) mass is 1790 g/mol. The van der Waals surface area contributed by atoms with Crippen molar-refractivity contribution in [2.45, 2.75) is 13.8 Å². The normalized spacial score (nSPS) is 10.4. The van der Waals surface area contributed by atoms with Crippen LogP contribution >= 0.6 is 103 Å². The molecule has 0 fully saturated rings. The maximum atomic E-state index is 14.3. The Bertz CT molecular complexity index is 4740. The Morgan fingerprint density at radius 2 is 0.663 bits per heavy atom. The highest BCUT2D eigenvalue weighted by Gasteiger charge is 2.26. The molecule has 5 heterocycles. The Morgan fingerprint density at radius 1 is 0.376 bits per heavy atom. The van der Waals surface area contributed by atoms with Crippen molar-refractivity contribution in [1.29, 1.82) is 0 Å². The molecule has 10 rings (SSSR count). The molecule has 10 N–H and O–H groups in total. The van der Waals surface area contributed by atoms with Gasteiger partial charge in [-0.2, -0.15) is 0 Å². The van der Waals surface area contributed by atoms with Gasteiger partial charge in [-0.1, -0.05) is 96.0 Å². The summed E-state index contributed by atoms with van der Waals surface area (Å²) in [6, 6.07) is 27.2. The molecule has 101 heavy (non-hydrogen) atoms. The van der Waals surface area contributed by atoms with Crippen molar-refractivity contribution in [3.8, 4) is 56.3 Å². The number of benzene rings is 5. The van der Waals surface area contributed by atoms with Gasteiger partial charge in [0.25, 0.3) is 0 Å². The van der Waals surface area contributed by atoms with Crippen molar-refractivity contribution >= 4 is 161 Å². The van der Waals surface area contributed by atoms with Gasteiger partial charge in [-0.15, -0.1) is 0 Å². The van der Waals surface area contributed by atoms with Crippen LogP contribution < -0.4 is 28.7 Å². The molecule has 5 aromatic carbocycles. The third-order valence-electron chi connectivity index (χ3n) is 13.7. The van der Waals surface area contributed by atoms with E-state index < -0.39 is 70.4 Å². The minimum absolute atomic E-state index is 0.0139. The first-order valence-electron chi connectivity index (χ1n) is 28.1. The summed E-state index contributed by atoms with van der Waals surface area (Å²) in [4.78, 5) is 66.1. The second-order valence-electron chi connectivity index (χ2n) is 20.2. The van der Waals surface area contributed by atoms with E-state index in [1.165, 1.54) is 71.9 Å². The Kier molecular flexibility index (Phi) is 28.7. The topological polar surface area (TPSA) is 309 Å². The van der Waals surface area contributed by atoms with E-state index in [0.717, 1.165) is 30.3 Å². The number of methoxy groups -OCH3 is 5. The minimum atomic E-state index is -0.805. The lowest BCUT2D eigenvalue weighted by molar-refractivity contribution is 0.0584. The number of ether oxygens (including phenoxy) is 5. The number of hydrogen-bond acceptors (Lipinski definition) is 19. The number of nitrogen functional groups attached to an aromatic ring is 5. The summed E-state index contributed by atoms with van der Waals surface area (Å²) in [5, 5.41) is 0.973. The van der Waals surface area contributed by atoms with Gasteiger partial charge in [-0.25, -0.2) is 79.2 Å². The lowest BCUT2D eigenvalue weighted by Crippen LogP contribution is -2.12. The number of nitrogens with two attached hydrogens (primary N) is 5. The number of carbonyl (C=O) groups is 4. The van der Waals surface area contributed by atoms with Crippen molar-refractivity contribution in [1.82, 2.24) is 24.9 Å². The van der Waals surface area contributed by atoms with Crippen LogP contribution in [0.4, 0.5) is 63.6 Å². The van der Waals surface area contributed by atoms with Gasteiger partial charge in [0, 0.05) is 37.9 Å². The molecular weight excluding hydrogens is 1740 g/mol. The molecule has 5 aromatic heterocycles. The van der Waals surface area contributed by atoms with Crippen LogP contribution in [0.2, 0.25) is 15.1 Å². The van der Waals surface area contributed by atoms with E-state index in [4.69, 9.17) is 68.2 Å². The molecule has 0 unspecified atom stereocenters. The number of nitrogens with zero attached hydrogens (tertiary/aromatic N) is 5. The average molecular weight is 1790 g/mol. The number of carbonyl (C=O) groups excluding carboxylic acids is 4. The fourth-order valence-electron chi connectivity index (χ4n) is 8.24. The Labute approximate surface area is 626 Å². The molecule has 0 spiro atoms. The van der Waals surface area contributed by atoms with Gasteiger partial charge in [0.15, 0.2) is 51.9 Å². The lowest BCUT2D eigenvalue weighted by Gasteiger charge is -2.13. The fraction of sp³-hybridized carbons (Fsp3) is 0.103. The van der Waals surface area contributed by atoms with Gasteiger partial charge < -0.3 is 52.4 Å². The van der Waals surface area contributed by atoms with Crippen LogP contribution in [-0.4, -0.2) is 84.3 Å². The number of anilines is 5. The van der Waals surface area contributed by atoms with E-state index in [-0.39, 0.29) is 114 Å². The second kappa shape index (κ2) is 35.9. The van der Waals surface area contributed by atoms with E-state index >= 15 is 0 Å². The fourth-order valence-corrected chi connectivity index (χ4v) is 10.4. The molecule has 0 bridgehead atoms. The first kappa shape index (κ1) is 80.7. The molecule has 19 nitrogen and oxygen atoms in total. The number of esters is 4.